The lowest BCUT2D eigenvalue weighted by atomic mass is 10.2. The number of ether oxygens (including phenoxy) is 2. The van der Waals surface area contributed by atoms with Gasteiger partial charge in [-0.15, -0.1) is 0 Å². The van der Waals surface area contributed by atoms with Gasteiger partial charge in [0.15, 0.2) is 0 Å². The van der Waals surface area contributed by atoms with Gasteiger partial charge in [-0.25, -0.2) is 0 Å². The van der Waals surface area contributed by atoms with E-state index in [0.29, 0.717) is 6.10 Å². The first-order valence-corrected chi connectivity index (χ1v) is 5.43. The SMILES string of the molecule is CCCOCC(C)OC(C)CCC. The summed E-state index contributed by atoms with van der Waals surface area (Å²) in [5.74, 6) is 0. The van der Waals surface area contributed by atoms with E-state index in [4.69, 9.17) is 9.47 Å². The molecule has 0 spiro atoms. The lowest BCUT2D eigenvalue weighted by Gasteiger charge is -2.18. The Morgan fingerprint density at radius 3 is 2.23 bits per heavy atom. The molecule has 0 aromatic heterocycles. The van der Waals surface area contributed by atoms with Crippen LogP contribution >= 0.6 is 0 Å². The predicted molar refractivity (Wildman–Crippen MR) is 56.0 cm³/mol. The van der Waals surface area contributed by atoms with Crippen LogP contribution in [0.3, 0.4) is 0 Å². The van der Waals surface area contributed by atoms with Crippen molar-refractivity contribution >= 4 is 0 Å². The molecule has 2 unspecified atom stereocenters. The zero-order valence-electron chi connectivity index (χ0n) is 9.51. The molecule has 0 heterocycles. The molecule has 0 bridgehead atoms. The Morgan fingerprint density at radius 2 is 1.69 bits per heavy atom. The fourth-order valence-electron chi connectivity index (χ4n) is 1.30. The van der Waals surface area contributed by atoms with Crippen molar-refractivity contribution in [3.8, 4) is 0 Å². The maximum atomic E-state index is 5.71. The molecule has 13 heavy (non-hydrogen) atoms. The molecule has 0 aromatic rings. The van der Waals surface area contributed by atoms with Crippen LogP contribution in [-0.2, 0) is 9.47 Å². The van der Waals surface area contributed by atoms with E-state index in [2.05, 4.69) is 27.7 Å². The van der Waals surface area contributed by atoms with Crippen molar-refractivity contribution in [1.82, 2.24) is 0 Å². The predicted octanol–water partition coefficient (Wildman–Crippen LogP) is 3.01. The smallest absolute Gasteiger partial charge is 0.0784 e. The summed E-state index contributed by atoms with van der Waals surface area (Å²) in [6, 6.07) is 0. The molecule has 0 amide bonds. The number of hydrogen-bond donors (Lipinski definition) is 0. The molecule has 0 saturated heterocycles. The molecule has 0 aliphatic rings. The Labute approximate surface area is 82.6 Å². The first-order valence-electron chi connectivity index (χ1n) is 5.43. The summed E-state index contributed by atoms with van der Waals surface area (Å²) < 4.78 is 11.1. The molecule has 0 aliphatic heterocycles. The topological polar surface area (TPSA) is 18.5 Å². The first kappa shape index (κ1) is 12.9. The highest BCUT2D eigenvalue weighted by atomic mass is 16.5. The van der Waals surface area contributed by atoms with E-state index in [0.717, 1.165) is 26.1 Å². The Balaban J connectivity index is 3.32. The van der Waals surface area contributed by atoms with Crippen LogP contribution in [0.2, 0.25) is 0 Å². The van der Waals surface area contributed by atoms with E-state index in [1.807, 2.05) is 0 Å². The summed E-state index contributed by atoms with van der Waals surface area (Å²) >= 11 is 0. The summed E-state index contributed by atoms with van der Waals surface area (Å²) in [7, 11) is 0. The largest absolute Gasteiger partial charge is 0.379 e. The van der Waals surface area contributed by atoms with Crippen LogP contribution in [-0.4, -0.2) is 25.4 Å². The standard InChI is InChI=1S/C11H24O2/c1-5-7-10(3)13-11(4)9-12-8-6-2/h10-11H,5-9H2,1-4H3. The fourth-order valence-corrected chi connectivity index (χ4v) is 1.30. The molecule has 0 aliphatic carbocycles. The van der Waals surface area contributed by atoms with Crippen LogP contribution in [0.5, 0.6) is 0 Å². The van der Waals surface area contributed by atoms with Crippen molar-refractivity contribution in [2.75, 3.05) is 13.2 Å². The van der Waals surface area contributed by atoms with Crippen LogP contribution in [0.4, 0.5) is 0 Å². The third-order valence-electron chi connectivity index (χ3n) is 1.86. The molecular formula is C11H24O2. The van der Waals surface area contributed by atoms with Crippen LogP contribution in [0, 0.1) is 0 Å². The molecule has 2 atom stereocenters. The van der Waals surface area contributed by atoms with E-state index in [-0.39, 0.29) is 6.10 Å². The summed E-state index contributed by atoms with van der Waals surface area (Å²) in [5, 5.41) is 0. The van der Waals surface area contributed by atoms with Crippen LogP contribution in [0.15, 0.2) is 0 Å². The second-order valence-electron chi connectivity index (χ2n) is 3.62. The van der Waals surface area contributed by atoms with E-state index in [1.165, 1.54) is 6.42 Å². The third kappa shape index (κ3) is 8.26. The molecule has 0 N–H and O–H groups in total. The molecule has 0 fully saturated rings. The molecule has 2 heteroatoms. The van der Waals surface area contributed by atoms with Gasteiger partial charge in [0.05, 0.1) is 18.8 Å². The van der Waals surface area contributed by atoms with Gasteiger partial charge in [-0.2, -0.15) is 0 Å². The zero-order chi connectivity index (χ0) is 10.1. The second-order valence-corrected chi connectivity index (χ2v) is 3.62. The van der Waals surface area contributed by atoms with Crippen molar-refractivity contribution in [3.05, 3.63) is 0 Å². The van der Waals surface area contributed by atoms with Crippen molar-refractivity contribution in [1.29, 1.82) is 0 Å². The first-order chi connectivity index (χ1) is 6.20. The zero-order valence-corrected chi connectivity index (χ0v) is 9.51. The normalized spacial score (nSPS) is 15.7. The third-order valence-corrected chi connectivity index (χ3v) is 1.86. The minimum absolute atomic E-state index is 0.230. The van der Waals surface area contributed by atoms with Gasteiger partial charge in [-0.1, -0.05) is 20.3 Å². The maximum Gasteiger partial charge on any atom is 0.0784 e. The van der Waals surface area contributed by atoms with Gasteiger partial charge in [0.25, 0.3) is 0 Å². The number of hydrogen-bond acceptors (Lipinski definition) is 2. The van der Waals surface area contributed by atoms with Crippen molar-refractivity contribution in [3.63, 3.8) is 0 Å². The molecule has 0 rings (SSSR count). The van der Waals surface area contributed by atoms with Gasteiger partial charge in [-0.3, -0.25) is 0 Å². The summed E-state index contributed by atoms with van der Waals surface area (Å²) in [5.41, 5.74) is 0. The number of rotatable bonds is 8. The van der Waals surface area contributed by atoms with E-state index in [9.17, 15) is 0 Å². The highest BCUT2D eigenvalue weighted by Gasteiger charge is 2.07. The minimum atomic E-state index is 0.230. The van der Waals surface area contributed by atoms with Crippen molar-refractivity contribution in [2.45, 2.75) is 59.2 Å². The second kappa shape index (κ2) is 8.52. The average molecular weight is 188 g/mol. The highest BCUT2D eigenvalue weighted by Crippen LogP contribution is 2.04. The molecular weight excluding hydrogens is 164 g/mol. The van der Waals surface area contributed by atoms with Crippen LogP contribution in [0.1, 0.15) is 47.0 Å². The van der Waals surface area contributed by atoms with E-state index < -0.39 is 0 Å². The lowest BCUT2D eigenvalue weighted by molar-refractivity contribution is -0.0439. The quantitative estimate of drug-likeness (QED) is 0.545. The van der Waals surface area contributed by atoms with E-state index in [1.54, 1.807) is 0 Å². The van der Waals surface area contributed by atoms with Gasteiger partial charge < -0.3 is 9.47 Å². The Bertz CT molecular complexity index is 104. The summed E-state index contributed by atoms with van der Waals surface area (Å²) in [4.78, 5) is 0. The fraction of sp³-hybridized carbons (Fsp3) is 1.00. The monoisotopic (exact) mass is 188 g/mol. The minimum Gasteiger partial charge on any atom is -0.379 e. The summed E-state index contributed by atoms with van der Waals surface area (Å²) in [6.07, 6.45) is 4.00. The Morgan fingerprint density at radius 1 is 1.00 bits per heavy atom. The van der Waals surface area contributed by atoms with E-state index >= 15 is 0 Å². The molecule has 0 saturated carbocycles. The van der Waals surface area contributed by atoms with Gasteiger partial charge in [0.1, 0.15) is 0 Å². The lowest BCUT2D eigenvalue weighted by Crippen LogP contribution is -2.22. The van der Waals surface area contributed by atoms with Gasteiger partial charge in [0, 0.05) is 6.61 Å². The molecule has 0 radical (unpaired) electrons. The Hall–Kier alpha value is -0.0800. The van der Waals surface area contributed by atoms with Crippen LogP contribution < -0.4 is 0 Å². The van der Waals surface area contributed by atoms with Crippen molar-refractivity contribution < 1.29 is 9.47 Å². The van der Waals surface area contributed by atoms with Gasteiger partial charge in [-0.05, 0) is 26.7 Å². The molecule has 0 aromatic carbocycles. The molecule has 2 nitrogen and oxygen atoms in total. The summed E-state index contributed by atoms with van der Waals surface area (Å²) in [6.45, 7) is 10.1. The van der Waals surface area contributed by atoms with Crippen LogP contribution in [0.25, 0.3) is 0 Å². The highest BCUT2D eigenvalue weighted by molar-refractivity contribution is 4.54. The maximum absolute atomic E-state index is 5.71. The van der Waals surface area contributed by atoms with Gasteiger partial charge in [0.2, 0.25) is 0 Å². The average Bonchev–Trinajstić information content (AvgIpc) is 2.05. The Kier molecular flexibility index (Phi) is 8.46. The van der Waals surface area contributed by atoms with Gasteiger partial charge >= 0.3 is 0 Å². The molecule has 80 valence electrons. The van der Waals surface area contributed by atoms with Crippen molar-refractivity contribution in [2.24, 2.45) is 0 Å².